The third kappa shape index (κ3) is 2.51. The zero-order valence-corrected chi connectivity index (χ0v) is 10.5. The topological polar surface area (TPSA) is 29.5 Å². The summed E-state index contributed by atoms with van der Waals surface area (Å²) in [5, 5.41) is 11.9. The zero-order valence-electron chi connectivity index (χ0n) is 8.84. The van der Waals surface area contributed by atoms with E-state index in [0.29, 0.717) is 5.75 Å². The third-order valence-electron chi connectivity index (χ3n) is 2.17. The largest absolute Gasteiger partial charge is 0.504 e. The van der Waals surface area contributed by atoms with E-state index in [-0.39, 0.29) is 5.75 Å². The number of phenols is 1. The van der Waals surface area contributed by atoms with Crippen LogP contribution in [-0.2, 0) is 5.75 Å². The minimum atomic E-state index is 0.244. The molecule has 0 aliphatic carbocycles. The molecule has 0 unspecified atom stereocenters. The van der Waals surface area contributed by atoms with Gasteiger partial charge in [-0.15, -0.1) is 23.1 Å². The van der Waals surface area contributed by atoms with Crippen molar-refractivity contribution in [1.29, 1.82) is 0 Å². The second-order valence-corrected chi connectivity index (χ2v) is 5.41. The summed E-state index contributed by atoms with van der Waals surface area (Å²) in [6.07, 6.45) is 0. The number of benzene rings is 1. The normalized spacial score (nSPS) is 10.3. The van der Waals surface area contributed by atoms with Gasteiger partial charge in [-0.2, -0.15) is 0 Å². The van der Waals surface area contributed by atoms with Crippen LogP contribution in [0.25, 0.3) is 0 Å². The first-order chi connectivity index (χ1) is 7.81. The number of methoxy groups -OCH3 is 1. The smallest absolute Gasteiger partial charge is 0.161 e. The van der Waals surface area contributed by atoms with Gasteiger partial charge in [-0.1, -0.05) is 18.2 Å². The van der Waals surface area contributed by atoms with E-state index in [2.05, 4.69) is 6.07 Å². The van der Waals surface area contributed by atoms with Crippen LogP contribution >= 0.6 is 23.1 Å². The SMILES string of the molecule is COc1cccc(CSc2cccs2)c1O. The Morgan fingerprint density at radius 3 is 2.88 bits per heavy atom. The van der Waals surface area contributed by atoms with Crippen molar-refractivity contribution in [3.63, 3.8) is 0 Å². The zero-order chi connectivity index (χ0) is 11.4. The van der Waals surface area contributed by atoms with Crippen molar-refractivity contribution in [2.24, 2.45) is 0 Å². The van der Waals surface area contributed by atoms with Crippen molar-refractivity contribution in [3.8, 4) is 11.5 Å². The maximum absolute atomic E-state index is 9.88. The van der Waals surface area contributed by atoms with Crippen LogP contribution in [0.5, 0.6) is 11.5 Å². The summed E-state index contributed by atoms with van der Waals surface area (Å²) in [4.78, 5) is 0. The molecule has 0 spiro atoms. The first-order valence-corrected chi connectivity index (χ1v) is 6.69. The third-order valence-corrected chi connectivity index (χ3v) is 4.35. The fourth-order valence-electron chi connectivity index (χ4n) is 1.34. The molecule has 16 heavy (non-hydrogen) atoms. The molecule has 2 rings (SSSR count). The van der Waals surface area contributed by atoms with Gasteiger partial charge in [0, 0.05) is 11.3 Å². The lowest BCUT2D eigenvalue weighted by atomic mass is 10.2. The minimum Gasteiger partial charge on any atom is -0.504 e. The molecular weight excluding hydrogens is 240 g/mol. The maximum atomic E-state index is 9.88. The summed E-state index contributed by atoms with van der Waals surface area (Å²) in [6, 6.07) is 9.67. The van der Waals surface area contributed by atoms with Crippen molar-refractivity contribution in [3.05, 3.63) is 41.3 Å². The maximum Gasteiger partial charge on any atom is 0.161 e. The van der Waals surface area contributed by atoms with Gasteiger partial charge in [0.2, 0.25) is 0 Å². The van der Waals surface area contributed by atoms with E-state index in [1.54, 1.807) is 36.3 Å². The van der Waals surface area contributed by atoms with E-state index in [9.17, 15) is 5.11 Å². The monoisotopic (exact) mass is 252 g/mol. The second kappa shape index (κ2) is 5.27. The molecular formula is C12H12O2S2. The summed E-state index contributed by atoms with van der Waals surface area (Å²) in [5.74, 6) is 1.53. The Balaban J connectivity index is 2.09. The molecule has 84 valence electrons. The lowest BCUT2D eigenvalue weighted by Crippen LogP contribution is -1.87. The number of aromatic hydroxyl groups is 1. The predicted octanol–water partition coefficient (Wildman–Crippen LogP) is 3.75. The Bertz CT molecular complexity index is 452. The molecule has 0 radical (unpaired) electrons. The van der Waals surface area contributed by atoms with Gasteiger partial charge < -0.3 is 9.84 Å². The molecule has 1 heterocycles. The van der Waals surface area contributed by atoms with E-state index in [0.717, 1.165) is 11.3 Å². The average molecular weight is 252 g/mol. The lowest BCUT2D eigenvalue weighted by molar-refractivity contribution is 0.371. The van der Waals surface area contributed by atoms with Crippen molar-refractivity contribution in [2.45, 2.75) is 9.96 Å². The predicted molar refractivity (Wildman–Crippen MR) is 68.5 cm³/mol. The Hall–Kier alpha value is -1.13. The van der Waals surface area contributed by atoms with E-state index in [4.69, 9.17) is 4.74 Å². The number of para-hydroxylation sites is 1. The van der Waals surface area contributed by atoms with Crippen molar-refractivity contribution >= 4 is 23.1 Å². The summed E-state index contributed by atoms with van der Waals surface area (Å²) in [6.45, 7) is 0. The van der Waals surface area contributed by atoms with Crippen LogP contribution < -0.4 is 4.74 Å². The van der Waals surface area contributed by atoms with E-state index < -0.39 is 0 Å². The Morgan fingerprint density at radius 1 is 1.31 bits per heavy atom. The van der Waals surface area contributed by atoms with Crippen molar-refractivity contribution < 1.29 is 9.84 Å². The van der Waals surface area contributed by atoms with E-state index in [1.165, 1.54) is 4.21 Å². The lowest BCUT2D eigenvalue weighted by Gasteiger charge is -2.07. The molecule has 1 N–H and O–H groups in total. The van der Waals surface area contributed by atoms with Crippen LogP contribution in [-0.4, -0.2) is 12.2 Å². The Labute approximate surface area is 103 Å². The highest BCUT2D eigenvalue weighted by Crippen LogP contribution is 2.34. The minimum absolute atomic E-state index is 0.244. The first kappa shape index (κ1) is 11.4. The van der Waals surface area contributed by atoms with Gasteiger partial charge in [0.1, 0.15) is 0 Å². The number of phenolic OH excluding ortho intramolecular Hbond substituents is 1. The van der Waals surface area contributed by atoms with Gasteiger partial charge in [0.25, 0.3) is 0 Å². The van der Waals surface area contributed by atoms with Crippen molar-refractivity contribution in [2.75, 3.05) is 7.11 Å². The summed E-state index contributed by atoms with van der Waals surface area (Å²) < 4.78 is 6.32. The highest BCUT2D eigenvalue weighted by atomic mass is 32.2. The number of thioether (sulfide) groups is 1. The summed E-state index contributed by atoms with van der Waals surface area (Å²) in [5.41, 5.74) is 0.901. The van der Waals surface area contributed by atoms with Crippen LogP contribution in [0.3, 0.4) is 0 Å². The standard InChI is InChI=1S/C12H12O2S2/c1-14-10-5-2-4-9(12(10)13)8-16-11-6-3-7-15-11/h2-7,13H,8H2,1H3. The Morgan fingerprint density at radius 2 is 2.19 bits per heavy atom. The summed E-state index contributed by atoms with van der Waals surface area (Å²) >= 11 is 3.42. The highest BCUT2D eigenvalue weighted by Gasteiger charge is 2.07. The number of hydrogen-bond acceptors (Lipinski definition) is 4. The fourth-order valence-corrected chi connectivity index (χ4v) is 3.11. The molecule has 1 aromatic heterocycles. The molecule has 0 aliphatic rings. The van der Waals surface area contributed by atoms with Gasteiger partial charge in [0.15, 0.2) is 11.5 Å². The molecule has 2 nitrogen and oxygen atoms in total. The Kier molecular flexibility index (Phi) is 3.74. The first-order valence-electron chi connectivity index (χ1n) is 4.82. The number of rotatable bonds is 4. The molecule has 0 aliphatic heterocycles. The number of ether oxygens (including phenoxy) is 1. The van der Waals surface area contributed by atoms with Crippen LogP contribution in [0.4, 0.5) is 0 Å². The van der Waals surface area contributed by atoms with Gasteiger partial charge in [-0.05, 0) is 17.5 Å². The number of thiophene rings is 1. The van der Waals surface area contributed by atoms with Crippen LogP contribution in [0, 0.1) is 0 Å². The quantitative estimate of drug-likeness (QED) is 0.840. The molecule has 0 amide bonds. The average Bonchev–Trinajstić information content (AvgIpc) is 2.81. The van der Waals surface area contributed by atoms with E-state index in [1.807, 2.05) is 23.6 Å². The fraction of sp³-hybridized carbons (Fsp3) is 0.167. The molecule has 0 fully saturated rings. The molecule has 0 saturated carbocycles. The van der Waals surface area contributed by atoms with Gasteiger partial charge in [-0.3, -0.25) is 0 Å². The van der Waals surface area contributed by atoms with Crippen LogP contribution in [0.2, 0.25) is 0 Å². The molecule has 0 saturated heterocycles. The van der Waals surface area contributed by atoms with Crippen LogP contribution in [0.1, 0.15) is 5.56 Å². The molecule has 4 heteroatoms. The van der Waals surface area contributed by atoms with Crippen molar-refractivity contribution in [1.82, 2.24) is 0 Å². The highest BCUT2D eigenvalue weighted by molar-refractivity contribution is 8.00. The van der Waals surface area contributed by atoms with Gasteiger partial charge in [-0.25, -0.2) is 0 Å². The molecule has 0 bridgehead atoms. The molecule has 1 aromatic carbocycles. The second-order valence-electron chi connectivity index (χ2n) is 3.19. The van der Waals surface area contributed by atoms with Gasteiger partial charge >= 0.3 is 0 Å². The van der Waals surface area contributed by atoms with Gasteiger partial charge in [0.05, 0.1) is 11.3 Å². The summed E-state index contributed by atoms with van der Waals surface area (Å²) in [7, 11) is 1.56. The molecule has 2 aromatic rings. The number of hydrogen-bond donors (Lipinski definition) is 1. The van der Waals surface area contributed by atoms with E-state index >= 15 is 0 Å². The molecule has 0 atom stereocenters. The van der Waals surface area contributed by atoms with Crippen LogP contribution in [0.15, 0.2) is 39.9 Å².